The summed E-state index contributed by atoms with van der Waals surface area (Å²) in [4.78, 5) is 21.6. The largest absolute Gasteiger partial charge is 0.444 e. The molecule has 13 heteroatoms. The van der Waals surface area contributed by atoms with Crippen molar-refractivity contribution < 1.29 is 23.1 Å². The lowest BCUT2D eigenvalue weighted by molar-refractivity contribution is 0.0786. The summed E-state index contributed by atoms with van der Waals surface area (Å²) in [6.07, 6.45) is -0.0634. The number of nitrogens with one attached hydrogen (secondary N) is 2. The number of sulfonamides is 1. The highest BCUT2D eigenvalue weighted by Gasteiger charge is 2.36. The molecule has 0 aliphatic heterocycles. The third-order valence-corrected chi connectivity index (χ3v) is 9.79. The maximum absolute atomic E-state index is 14.2. The number of aliphatic hydroxyl groups is 1. The fourth-order valence-electron chi connectivity index (χ4n) is 4.19. The molecule has 0 bridgehead atoms. The Morgan fingerprint density at radius 3 is 2.62 bits per heavy atom. The number of fused-ring (bicyclic) bond motifs is 1. The number of rotatable bonds is 13. The molecule has 2 aromatic carbocycles. The second kappa shape index (κ2) is 13.5. The van der Waals surface area contributed by atoms with Gasteiger partial charge < -0.3 is 20.5 Å². The van der Waals surface area contributed by atoms with E-state index in [0.717, 1.165) is 15.1 Å². The van der Waals surface area contributed by atoms with Crippen LogP contribution in [0.5, 0.6) is 0 Å². The molecular formula is C27H33N5O5S3. The first-order valence-electron chi connectivity index (χ1n) is 12.8. The summed E-state index contributed by atoms with van der Waals surface area (Å²) in [7, 11) is -2.28. The lowest BCUT2D eigenvalue weighted by Crippen LogP contribution is -2.52. The van der Waals surface area contributed by atoms with Crippen LogP contribution in [0.3, 0.4) is 0 Å². The summed E-state index contributed by atoms with van der Waals surface area (Å²) in [5.41, 5.74) is 3.20. The molecule has 0 spiro atoms. The zero-order valence-corrected chi connectivity index (χ0v) is 24.9. The Morgan fingerprint density at radius 1 is 1.18 bits per heavy atom. The van der Waals surface area contributed by atoms with E-state index in [-0.39, 0.29) is 36.9 Å². The van der Waals surface area contributed by atoms with Gasteiger partial charge in [0, 0.05) is 26.3 Å². The number of amides is 1. The third kappa shape index (κ3) is 7.55. The van der Waals surface area contributed by atoms with Crippen molar-refractivity contribution in [3.8, 4) is 0 Å². The molecule has 0 saturated carbocycles. The lowest BCUT2D eigenvalue weighted by Gasteiger charge is -2.35. The lowest BCUT2D eigenvalue weighted by atomic mass is 10.0. The van der Waals surface area contributed by atoms with Crippen LogP contribution in [0.15, 0.2) is 65.1 Å². The fourth-order valence-corrected chi connectivity index (χ4v) is 7.47. The van der Waals surface area contributed by atoms with Crippen LogP contribution < -0.4 is 10.6 Å². The van der Waals surface area contributed by atoms with Crippen LogP contribution in [-0.4, -0.2) is 66.2 Å². The number of nitrogens with zero attached hydrogens (tertiary/aromatic N) is 3. The van der Waals surface area contributed by atoms with Crippen LogP contribution in [0.25, 0.3) is 10.2 Å². The summed E-state index contributed by atoms with van der Waals surface area (Å²) in [5.74, 6) is -0.0272. The Labute approximate surface area is 242 Å². The summed E-state index contributed by atoms with van der Waals surface area (Å²) in [6.45, 7) is 3.89. The van der Waals surface area contributed by atoms with Gasteiger partial charge in [-0.05, 0) is 36.1 Å². The Kier molecular flexibility index (Phi) is 10.1. The number of alkyl carbamates (subject to hydrolysis) is 1. The van der Waals surface area contributed by atoms with Crippen LogP contribution in [0.2, 0.25) is 0 Å². The molecule has 4 rings (SSSR count). The minimum absolute atomic E-state index is 0.0272. The summed E-state index contributed by atoms with van der Waals surface area (Å²) < 4.78 is 35.6. The van der Waals surface area contributed by atoms with E-state index in [1.807, 2.05) is 44.2 Å². The molecule has 0 radical (unpaired) electrons. The highest BCUT2D eigenvalue weighted by atomic mass is 32.2. The second-order valence-electron chi connectivity index (χ2n) is 9.62. The number of ether oxygens (including phenoxy) is 1. The van der Waals surface area contributed by atoms with Gasteiger partial charge in [0.15, 0.2) is 5.13 Å². The first kappa shape index (κ1) is 29.9. The van der Waals surface area contributed by atoms with E-state index in [1.165, 1.54) is 27.0 Å². The van der Waals surface area contributed by atoms with E-state index in [1.54, 1.807) is 37.0 Å². The number of benzene rings is 2. The van der Waals surface area contributed by atoms with Gasteiger partial charge >= 0.3 is 6.09 Å². The molecule has 0 aliphatic carbocycles. The van der Waals surface area contributed by atoms with Crippen LogP contribution in [0.1, 0.15) is 24.3 Å². The van der Waals surface area contributed by atoms with E-state index < -0.39 is 28.3 Å². The molecule has 2 unspecified atom stereocenters. The number of anilines is 1. The molecule has 0 fully saturated rings. The minimum Gasteiger partial charge on any atom is -0.444 e. The third-order valence-electron chi connectivity index (χ3n) is 6.11. The van der Waals surface area contributed by atoms with Gasteiger partial charge in [-0.3, -0.25) is 4.98 Å². The van der Waals surface area contributed by atoms with Gasteiger partial charge in [-0.15, -0.1) is 11.3 Å². The molecule has 2 heterocycles. The monoisotopic (exact) mass is 603 g/mol. The van der Waals surface area contributed by atoms with Crippen molar-refractivity contribution in [1.29, 1.82) is 0 Å². The highest BCUT2D eigenvalue weighted by Crippen LogP contribution is 2.30. The fraction of sp³-hybridized carbons (Fsp3) is 0.370. The molecule has 1 amide bonds. The van der Waals surface area contributed by atoms with Gasteiger partial charge in [0.1, 0.15) is 6.61 Å². The van der Waals surface area contributed by atoms with Crippen LogP contribution in [0, 0.1) is 5.92 Å². The van der Waals surface area contributed by atoms with Crippen LogP contribution in [-0.2, 0) is 27.8 Å². The standard InChI is InChI=1S/C27H33N5O5S3/c1-18(2)15-32(40(35,36)21-9-10-22-25(12-21)39-26(28-3)31-22)23(11-19-7-5-4-6-8-19)24(33)14-30-27(34)37-16-20-13-29-17-38-20/h4-10,12-13,17-18,23-24,33H,11,14-16H2,1-3H3,(H,28,31)(H,30,34). The van der Waals surface area contributed by atoms with Crippen LogP contribution in [0.4, 0.5) is 9.93 Å². The predicted octanol–water partition coefficient (Wildman–Crippen LogP) is 4.34. The van der Waals surface area contributed by atoms with Crippen molar-refractivity contribution in [1.82, 2.24) is 19.6 Å². The Hall–Kier alpha value is -3.10. The molecular weight excluding hydrogens is 571 g/mol. The van der Waals surface area contributed by atoms with Gasteiger partial charge in [0.25, 0.3) is 0 Å². The summed E-state index contributed by atoms with van der Waals surface area (Å²) >= 11 is 2.73. The number of hydrogen-bond acceptors (Lipinski definition) is 10. The molecule has 4 aromatic rings. The average molecular weight is 604 g/mol. The molecule has 2 aromatic heterocycles. The van der Waals surface area contributed by atoms with E-state index in [0.29, 0.717) is 10.6 Å². The van der Waals surface area contributed by atoms with Crippen LogP contribution >= 0.6 is 22.7 Å². The van der Waals surface area contributed by atoms with Crippen molar-refractivity contribution in [2.75, 3.05) is 25.5 Å². The second-order valence-corrected chi connectivity index (χ2v) is 13.5. The first-order chi connectivity index (χ1) is 19.2. The molecule has 2 atom stereocenters. The first-order valence-corrected chi connectivity index (χ1v) is 15.9. The molecule has 0 saturated heterocycles. The van der Waals surface area contributed by atoms with E-state index >= 15 is 0 Å². The topological polar surface area (TPSA) is 134 Å². The normalized spacial score (nSPS) is 13.4. The van der Waals surface area contributed by atoms with Crippen molar-refractivity contribution >= 4 is 54.1 Å². The van der Waals surface area contributed by atoms with Crippen molar-refractivity contribution in [3.05, 3.63) is 70.7 Å². The quantitative estimate of drug-likeness (QED) is 0.206. The Morgan fingerprint density at radius 2 is 1.95 bits per heavy atom. The van der Waals surface area contributed by atoms with Crippen molar-refractivity contribution in [3.63, 3.8) is 0 Å². The van der Waals surface area contributed by atoms with Gasteiger partial charge in [-0.1, -0.05) is 55.5 Å². The van der Waals surface area contributed by atoms with E-state index in [2.05, 4.69) is 20.6 Å². The number of aliphatic hydroxyl groups excluding tert-OH is 1. The Balaban J connectivity index is 1.61. The zero-order valence-electron chi connectivity index (χ0n) is 22.5. The van der Waals surface area contributed by atoms with Gasteiger partial charge in [-0.25, -0.2) is 18.2 Å². The maximum Gasteiger partial charge on any atom is 0.407 e. The highest BCUT2D eigenvalue weighted by molar-refractivity contribution is 7.89. The summed E-state index contributed by atoms with van der Waals surface area (Å²) in [6, 6.07) is 13.4. The summed E-state index contributed by atoms with van der Waals surface area (Å²) in [5, 5.41) is 17.6. The maximum atomic E-state index is 14.2. The minimum atomic E-state index is -4.05. The van der Waals surface area contributed by atoms with E-state index in [4.69, 9.17) is 4.74 Å². The van der Waals surface area contributed by atoms with Gasteiger partial charge in [0.2, 0.25) is 10.0 Å². The van der Waals surface area contributed by atoms with E-state index in [9.17, 15) is 18.3 Å². The Bertz CT molecular complexity index is 1490. The number of hydrogen-bond donors (Lipinski definition) is 3. The van der Waals surface area contributed by atoms with Gasteiger partial charge in [-0.2, -0.15) is 4.31 Å². The smallest absolute Gasteiger partial charge is 0.407 e. The SMILES string of the molecule is CNc1nc2ccc(S(=O)(=O)N(CC(C)C)C(Cc3ccccc3)C(O)CNC(=O)OCc3cncs3)cc2s1. The number of thiazole rings is 2. The predicted molar refractivity (Wildman–Crippen MR) is 158 cm³/mol. The molecule has 10 nitrogen and oxygen atoms in total. The van der Waals surface area contributed by atoms with Crippen molar-refractivity contribution in [2.24, 2.45) is 5.92 Å². The van der Waals surface area contributed by atoms with Gasteiger partial charge in [0.05, 0.1) is 37.6 Å². The molecule has 40 heavy (non-hydrogen) atoms. The zero-order chi connectivity index (χ0) is 28.7. The number of carbonyl (C=O) groups is 1. The number of carbonyl (C=O) groups excluding carboxylic acids is 1. The molecule has 3 N–H and O–H groups in total. The number of aromatic nitrogens is 2. The average Bonchev–Trinajstić information content (AvgIpc) is 3.62. The molecule has 0 aliphatic rings. The molecule has 214 valence electrons. The van der Waals surface area contributed by atoms with Crippen molar-refractivity contribution in [2.45, 2.75) is 43.9 Å².